The Hall–Kier alpha value is -1.13. The third-order valence-corrected chi connectivity index (χ3v) is 5.61. The van der Waals surface area contributed by atoms with E-state index in [1.54, 1.807) is 11.3 Å². The largest absolute Gasteiger partial charge is 0.302 e. The van der Waals surface area contributed by atoms with Gasteiger partial charge in [0.1, 0.15) is 0 Å². The number of rotatable bonds is 6. The van der Waals surface area contributed by atoms with E-state index in [1.807, 2.05) is 11.4 Å². The molecule has 10 heteroatoms. The predicted molar refractivity (Wildman–Crippen MR) is 99.4 cm³/mol. The molecule has 6 nitrogen and oxygen atoms in total. The molecule has 2 aromatic heterocycles. The summed E-state index contributed by atoms with van der Waals surface area (Å²) in [6.07, 6.45) is 1.72. The topological polar surface area (TPSA) is 97.1 Å². The van der Waals surface area contributed by atoms with Crippen LogP contribution < -0.4 is 16.6 Å². The van der Waals surface area contributed by atoms with E-state index >= 15 is 0 Å². The summed E-state index contributed by atoms with van der Waals surface area (Å²) in [5, 5.41) is 5.04. The van der Waals surface area contributed by atoms with Crippen LogP contribution in [0.4, 0.5) is 9.93 Å². The summed E-state index contributed by atoms with van der Waals surface area (Å²) in [5.41, 5.74) is 3.07. The molecule has 126 valence electrons. The molecule has 0 saturated carbocycles. The van der Waals surface area contributed by atoms with Crippen molar-refractivity contribution in [1.82, 2.24) is 10.4 Å². The highest BCUT2D eigenvalue weighted by atomic mass is 35.5. The van der Waals surface area contributed by atoms with E-state index in [-0.39, 0.29) is 23.6 Å². The van der Waals surface area contributed by atoms with Crippen LogP contribution in [0.5, 0.6) is 0 Å². The molecule has 2 rings (SSSR count). The van der Waals surface area contributed by atoms with Gasteiger partial charge in [0.25, 0.3) is 5.24 Å². The Morgan fingerprint density at radius 2 is 2.04 bits per heavy atom. The first-order valence-electron chi connectivity index (χ1n) is 6.50. The van der Waals surface area contributed by atoms with Crippen molar-refractivity contribution in [1.29, 1.82) is 0 Å². The third-order valence-electron chi connectivity index (χ3n) is 2.64. The molecular formula is C13H17ClN4O2S3. The summed E-state index contributed by atoms with van der Waals surface area (Å²) >= 11 is 4.27. The molecule has 23 heavy (non-hydrogen) atoms. The fraction of sp³-hybridized carbons (Fsp3) is 0.308. The lowest BCUT2D eigenvalue weighted by Crippen LogP contribution is -2.25. The van der Waals surface area contributed by atoms with Crippen LogP contribution in [0.15, 0.2) is 17.5 Å². The molecule has 4 N–H and O–H groups in total. The van der Waals surface area contributed by atoms with Crippen molar-refractivity contribution >= 4 is 63.1 Å². The molecule has 0 spiro atoms. The molecule has 0 unspecified atom stereocenters. The standard InChI is InChI=1S/C13H16N4O2S3.ClH/c1-8(18)15-12-16-9(6-20-12)2-3-10-4-5-11(22-10)7-21-13(19)17-14;/h4-6H,2-3,7,14H2,1H3,(H,17,19)(H,15,16,18);1H. The van der Waals surface area contributed by atoms with E-state index in [4.69, 9.17) is 5.84 Å². The number of carbonyl (C=O) groups excluding carboxylic acids is 2. The van der Waals surface area contributed by atoms with Gasteiger partial charge in [-0.2, -0.15) is 0 Å². The number of aromatic nitrogens is 1. The summed E-state index contributed by atoms with van der Waals surface area (Å²) in [5.74, 6) is 5.55. The summed E-state index contributed by atoms with van der Waals surface area (Å²) in [6, 6.07) is 4.10. The maximum absolute atomic E-state index is 11.1. The van der Waals surface area contributed by atoms with Crippen molar-refractivity contribution in [3.05, 3.63) is 33.0 Å². The number of hydrogen-bond acceptors (Lipinski definition) is 7. The number of anilines is 1. The Labute approximate surface area is 152 Å². The molecule has 2 heterocycles. The highest BCUT2D eigenvalue weighted by Crippen LogP contribution is 2.24. The highest BCUT2D eigenvalue weighted by molar-refractivity contribution is 8.12. The van der Waals surface area contributed by atoms with Crippen molar-refractivity contribution in [2.45, 2.75) is 25.5 Å². The number of hydrazine groups is 1. The Morgan fingerprint density at radius 1 is 1.30 bits per heavy atom. The molecule has 2 aromatic rings. The Morgan fingerprint density at radius 3 is 2.74 bits per heavy atom. The fourth-order valence-corrected chi connectivity index (χ4v) is 4.16. The van der Waals surface area contributed by atoms with Gasteiger partial charge in [-0.3, -0.25) is 15.0 Å². The molecule has 0 radical (unpaired) electrons. The van der Waals surface area contributed by atoms with Crippen molar-refractivity contribution < 1.29 is 9.59 Å². The van der Waals surface area contributed by atoms with Crippen LogP contribution in [0.1, 0.15) is 22.4 Å². The quantitative estimate of drug-likeness (QED) is 0.398. The summed E-state index contributed by atoms with van der Waals surface area (Å²) in [4.78, 5) is 28.8. The van der Waals surface area contributed by atoms with E-state index < -0.39 is 0 Å². The molecule has 0 aromatic carbocycles. The monoisotopic (exact) mass is 392 g/mol. The zero-order valence-electron chi connectivity index (χ0n) is 12.3. The van der Waals surface area contributed by atoms with Crippen LogP contribution >= 0.6 is 46.8 Å². The van der Waals surface area contributed by atoms with E-state index in [1.165, 1.54) is 23.1 Å². The lowest BCUT2D eigenvalue weighted by molar-refractivity contribution is -0.114. The van der Waals surface area contributed by atoms with Gasteiger partial charge in [-0.25, -0.2) is 10.8 Å². The number of halogens is 1. The minimum atomic E-state index is -0.233. The van der Waals surface area contributed by atoms with Crippen LogP contribution in [0.3, 0.4) is 0 Å². The number of thiophene rings is 1. The minimum Gasteiger partial charge on any atom is -0.302 e. The van der Waals surface area contributed by atoms with Crippen LogP contribution in [-0.4, -0.2) is 16.1 Å². The van der Waals surface area contributed by atoms with E-state index in [9.17, 15) is 9.59 Å². The maximum Gasteiger partial charge on any atom is 0.293 e. The first-order valence-corrected chi connectivity index (χ1v) is 9.18. The van der Waals surface area contributed by atoms with Gasteiger partial charge in [0.05, 0.1) is 5.69 Å². The van der Waals surface area contributed by atoms with Gasteiger partial charge in [0.15, 0.2) is 5.13 Å². The number of aryl methyl sites for hydroxylation is 2. The average molecular weight is 393 g/mol. The van der Waals surface area contributed by atoms with Crippen molar-refractivity contribution in [2.24, 2.45) is 5.84 Å². The fourth-order valence-electron chi connectivity index (χ4n) is 1.69. The Bertz CT molecular complexity index is 659. The second kappa shape index (κ2) is 9.89. The number of nitrogens with two attached hydrogens (primary N) is 1. The van der Waals surface area contributed by atoms with Gasteiger partial charge < -0.3 is 5.32 Å². The maximum atomic E-state index is 11.1. The SMILES string of the molecule is CC(=O)Nc1nc(CCc2ccc(CSC(=O)NN)s2)cs1.Cl. The van der Waals surface area contributed by atoms with Crippen molar-refractivity contribution in [2.75, 3.05) is 5.32 Å². The summed E-state index contributed by atoms with van der Waals surface area (Å²) in [7, 11) is 0. The van der Waals surface area contributed by atoms with Gasteiger partial charge >= 0.3 is 0 Å². The molecule has 0 atom stereocenters. The van der Waals surface area contributed by atoms with Crippen molar-refractivity contribution in [3.63, 3.8) is 0 Å². The van der Waals surface area contributed by atoms with Gasteiger partial charge in [0.2, 0.25) is 5.91 Å². The van der Waals surface area contributed by atoms with Crippen LogP contribution in [-0.2, 0) is 23.4 Å². The smallest absolute Gasteiger partial charge is 0.293 e. The predicted octanol–water partition coefficient (Wildman–Crippen LogP) is 3.19. The van der Waals surface area contributed by atoms with Crippen molar-refractivity contribution in [3.8, 4) is 0 Å². The number of thiazole rings is 1. The lowest BCUT2D eigenvalue weighted by Gasteiger charge is -1.97. The molecule has 0 bridgehead atoms. The summed E-state index contributed by atoms with van der Waals surface area (Å²) in [6.45, 7) is 1.47. The normalized spacial score (nSPS) is 10.0. The zero-order valence-corrected chi connectivity index (χ0v) is 15.6. The molecule has 0 aliphatic carbocycles. The zero-order chi connectivity index (χ0) is 15.9. The van der Waals surface area contributed by atoms with E-state index in [0.717, 1.165) is 35.2 Å². The molecular weight excluding hydrogens is 376 g/mol. The van der Waals surface area contributed by atoms with Gasteiger partial charge in [0, 0.05) is 27.8 Å². The highest BCUT2D eigenvalue weighted by Gasteiger charge is 2.07. The number of thioether (sulfide) groups is 1. The molecule has 2 amide bonds. The number of nitrogens with one attached hydrogen (secondary N) is 2. The molecule has 0 aliphatic heterocycles. The number of hydrogen-bond donors (Lipinski definition) is 3. The Balaban J connectivity index is 0.00000264. The van der Waals surface area contributed by atoms with Gasteiger partial charge in [-0.1, -0.05) is 11.8 Å². The van der Waals surface area contributed by atoms with E-state index in [0.29, 0.717) is 10.9 Å². The summed E-state index contributed by atoms with van der Waals surface area (Å²) < 4.78 is 0. The van der Waals surface area contributed by atoms with Crippen LogP contribution in [0.2, 0.25) is 0 Å². The number of amides is 2. The van der Waals surface area contributed by atoms with Gasteiger partial charge in [-0.05, 0) is 25.0 Å². The first-order chi connectivity index (χ1) is 10.6. The second-order valence-corrected chi connectivity index (χ2v) is 7.47. The lowest BCUT2D eigenvalue weighted by atomic mass is 10.2. The van der Waals surface area contributed by atoms with Gasteiger partial charge in [-0.15, -0.1) is 35.1 Å². The Kier molecular flexibility index (Phi) is 8.56. The molecule has 0 aliphatic rings. The first kappa shape index (κ1) is 19.9. The number of nitrogens with zero attached hydrogens (tertiary/aromatic N) is 1. The second-order valence-electron chi connectivity index (χ2n) is 4.41. The average Bonchev–Trinajstić information content (AvgIpc) is 3.11. The molecule has 0 fully saturated rings. The van der Waals surface area contributed by atoms with Crippen LogP contribution in [0, 0.1) is 0 Å². The van der Waals surface area contributed by atoms with Crippen LogP contribution in [0.25, 0.3) is 0 Å². The molecule has 0 saturated heterocycles. The van der Waals surface area contributed by atoms with E-state index in [2.05, 4.69) is 21.8 Å². The third kappa shape index (κ3) is 6.88. The minimum absolute atomic E-state index is 0. The number of carbonyl (C=O) groups is 2.